The largest absolute Gasteiger partial charge is 0.504 e. The standard InChI is InChI=1S/C31H36N2O4/c1-6-21-11-13-25(32-30(37)31(15-16-31)24-12-14-27(34)28(35)17-24)18-26(21)22-7-9-23(10-8-22)29(36)33(19(2)3)20(4)5/h7-14,17-20,34-35H,6,15-16H2,1-5H3,(H,32,37). The molecule has 194 valence electrons. The first-order valence-electron chi connectivity index (χ1n) is 13.0. The fourth-order valence-corrected chi connectivity index (χ4v) is 5.08. The van der Waals surface area contributed by atoms with Crippen LogP contribution in [0.1, 0.15) is 68.9 Å². The lowest BCUT2D eigenvalue weighted by Crippen LogP contribution is -2.42. The average Bonchev–Trinajstić information content (AvgIpc) is 3.67. The van der Waals surface area contributed by atoms with Crippen LogP contribution in [0.5, 0.6) is 11.5 Å². The lowest BCUT2D eigenvalue weighted by molar-refractivity contribution is -0.118. The highest BCUT2D eigenvalue weighted by atomic mass is 16.3. The van der Waals surface area contributed by atoms with Gasteiger partial charge in [-0.15, -0.1) is 0 Å². The van der Waals surface area contributed by atoms with Crippen molar-refractivity contribution in [2.75, 3.05) is 5.32 Å². The number of anilines is 1. The summed E-state index contributed by atoms with van der Waals surface area (Å²) in [5.74, 6) is -0.536. The van der Waals surface area contributed by atoms with Crippen molar-refractivity contribution in [3.63, 3.8) is 0 Å². The van der Waals surface area contributed by atoms with Crippen molar-refractivity contribution in [1.29, 1.82) is 0 Å². The van der Waals surface area contributed by atoms with Crippen LogP contribution in [0.4, 0.5) is 5.69 Å². The van der Waals surface area contributed by atoms with Gasteiger partial charge in [-0.25, -0.2) is 0 Å². The molecule has 3 aromatic rings. The van der Waals surface area contributed by atoms with Gasteiger partial charge >= 0.3 is 0 Å². The normalized spacial score (nSPS) is 14.0. The van der Waals surface area contributed by atoms with E-state index in [-0.39, 0.29) is 35.4 Å². The van der Waals surface area contributed by atoms with Gasteiger partial charge in [0.25, 0.3) is 5.91 Å². The molecule has 1 aliphatic rings. The first-order valence-corrected chi connectivity index (χ1v) is 13.0. The van der Waals surface area contributed by atoms with Crippen LogP contribution >= 0.6 is 0 Å². The van der Waals surface area contributed by atoms with Gasteiger partial charge in [0.2, 0.25) is 5.91 Å². The monoisotopic (exact) mass is 500 g/mol. The molecular formula is C31H36N2O4. The second-order valence-corrected chi connectivity index (χ2v) is 10.4. The maximum atomic E-state index is 13.3. The zero-order chi connectivity index (χ0) is 26.9. The first kappa shape index (κ1) is 26.3. The van der Waals surface area contributed by atoms with E-state index in [1.807, 2.05) is 75.1 Å². The van der Waals surface area contributed by atoms with Crippen molar-refractivity contribution in [2.24, 2.45) is 0 Å². The zero-order valence-corrected chi connectivity index (χ0v) is 22.2. The number of amides is 2. The molecule has 0 bridgehead atoms. The number of nitrogens with one attached hydrogen (secondary N) is 1. The Morgan fingerprint density at radius 1 is 0.892 bits per heavy atom. The molecule has 0 aromatic heterocycles. The van der Waals surface area contributed by atoms with Crippen LogP contribution in [0.25, 0.3) is 11.1 Å². The van der Waals surface area contributed by atoms with Gasteiger partial charge in [0, 0.05) is 23.3 Å². The fraction of sp³-hybridized carbons (Fsp3) is 0.355. The number of phenols is 2. The molecule has 4 rings (SSSR count). The van der Waals surface area contributed by atoms with E-state index in [0.29, 0.717) is 29.7 Å². The SMILES string of the molecule is CCc1ccc(NC(=O)C2(c3ccc(O)c(O)c3)CC2)cc1-c1ccc(C(=O)N(C(C)C)C(C)C)cc1. The quantitative estimate of drug-likeness (QED) is 0.319. The minimum absolute atomic E-state index is 0.0169. The second kappa shape index (κ2) is 10.3. The summed E-state index contributed by atoms with van der Waals surface area (Å²) in [6.07, 6.45) is 2.19. The van der Waals surface area contributed by atoms with E-state index in [9.17, 15) is 19.8 Å². The molecule has 3 aromatic carbocycles. The molecule has 0 heterocycles. The van der Waals surface area contributed by atoms with Crippen molar-refractivity contribution in [1.82, 2.24) is 4.90 Å². The van der Waals surface area contributed by atoms with Gasteiger partial charge in [-0.2, -0.15) is 0 Å². The summed E-state index contributed by atoms with van der Waals surface area (Å²) in [7, 11) is 0. The Bertz CT molecular complexity index is 1300. The minimum atomic E-state index is -0.699. The highest BCUT2D eigenvalue weighted by molar-refractivity contribution is 6.02. The number of carbonyl (C=O) groups is 2. The predicted octanol–water partition coefficient (Wildman–Crippen LogP) is 6.26. The van der Waals surface area contributed by atoms with Crippen LogP contribution in [0.15, 0.2) is 60.7 Å². The number of carbonyl (C=O) groups excluding carboxylic acids is 2. The lowest BCUT2D eigenvalue weighted by Gasteiger charge is -2.31. The number of nitrogens with zero attached hydrogens (tertiary/aromatic N) is 1. The van der Waals surface area contributed by atoms with Gasteiger partial charge in [-0.3, -0.25) is 9.59 Å². The smallest absolute Gasteiger partial charge is 0.254 e. The van der Waals surface area contributed by atoms with Crippen LogP contribution in [0.3, 0.4) is 0 Å². The van der Waals surface area contributed by atoms with E-state index >= 15 is 0 Å². The Labute approximate surface area is 219 Å². The van der Waals surface area contributed by atoms with Crippen molar-refractivity contribution < 1.29 is 19.8 Å². The maximum absolute atomic E-state index is 13.3. The Kier molecular flexibility index (Phi) is 7.30. The lowest BCUT2D eigenvalue weighted by atomic mass is 9.93. The van der Waals surface area contributed by atoms with Gasteiger partial charge in [-0.1, -0.05) is 31.2 Å². The third-order valence-corrected chi connectivity index (χ3v) is 7.25. The summed E-state index contributed by atoms with van der Waals surface area (Å²) in [6, 6.07) is 18.4. The highest BCUT2D eigenvalue weighted by Crippen LogP contribution is 2.50. The molecule has 3 N–H and O–H groups in total. The Morgan fingerprint density at radius 3 is 2.08 bits per heavy atom. The molecule has 0 saturated heterocycles. The Balaban J connectivity index is 1.58. The number of phenolic OH excluding ortho intramolecular Hbond substituents is 2. The fourth-order valence-electron chi connectivity index (χ4n) is 5.08. The summed E-state index contributed by atoms with van der Waals surface area (Å²) in [4.78, 5) is 28.3. The van der Waals surface area contributed by atoms with E-state index in [2.05, 4.69) is 12.2 Å². The summed E-state index contributed by atoms with van der Waals surface area (Å²) in [5.41, 5.74) is 4.48. The molecule has 0 spiro atoms. The molecular weight excluding hydrogens is 464 g/mol. The van der Waals surface area contributed by atoms with Crippen LogP contribution < -0.4 is 5.32 Å². The van der Waals surface area contributed by atoms with Gasteiger partial charge in [-0.05, 0) is 106 Å². The van der Waals surface area contributed by atoms with Crippen LogP contribution in [-0.2, 0) is 16.6 Å². The Hall–Kier alpha value is -3.80. The van der Waals surface area contributed by atoms with Gasteiger partial charge in [0.05, 0.1) is 5.41 Å². The molecule has 6 nitrogen and oxygen atoms in total. The molecule has 0 unspecified atom stereocenters. The number of rotatable bonds is 8. The van der Waals surface area contributed by atoms with E-state index in [0.717, 1.165) is 23.1 Å². The first-order chi connectivity index (χ1) is 17.6. The molecule has 1 fully saturated rings. The van der Waals surface area contributed by atoms with Crippen molar-refractivity contribution in [2.45, 2.75) is 71.4 Å². The van der Waals surface area contributed by atoms with Crippen molar-refractivity contribution >= 4 is 17.5 Å². The Morgan fingerprint density at radius 2 is 1.54 bits per heavy atom. The van der Waals surface area contributed by atoms with Crippen molar-refractivity contribution in [3.8, 4) is 22.6 Å². The molecule has 0 atom stereocenters. The number of hydrogen-bond acceptors (Lipinski definition) is 4. The molecule has 37 heavy (non-hydrogen) atoms. The molecule has 1 aliphatic carbocycles. The van der Waals surface area contributed by atoms with Gasteiger partial charge < -0.3 is 20.4 Å². The predicted molar refractivity (Wildman–Crippen MR) is 147 cm³/mol. The van der Waals surface area contributed by atoms with Crippen LogP contribution in [0.2, 0.25) is 0 Å². The van der Waals surface area contributed by atoms with Gasteiger partial charge in [0.15, 0.2) is 11.5 Å². The number of hydrogen-bond donors (Lipinski definition) is 3. The molecule has 1 saturated carbocycles. The zero-order valence-electron chi connectivity index (χ0n) is 22.2. The number of aryl methyl sites for hydroxylation is 1. The van der Waals surface area contributed by atoms with Gasteiger partial charge in [0.1, 0.15) is 0 Å². The third-order valence-electron chi connectivity index (χ3n) is 7.25. The molecule has 2 amide bonds. The summed E-state index contributed by atoms with van der Waals surface area (Å²) in [6.45, 7) is 10.2. The van der Waals surface area contributed by atoms with E-state index < -0.39 is 5.41 Å². The minimum Gasteiger partial charge on any atom is -0.504 e. The topological polar surface area (TPSA) is 89.9 Å². The van der Waals surface area contributed by atoms with Crippen molar-refractivity contribution in [3.05, 3.63) is 77.4 Å². The van der Waals surface area contributed by atoms with E-state index in [1.54, 1.807) is 6.07 Å². The number of aromatic hydroxyl groups is 2. The molecule has 6 heteroatoms. The number of benzene rings is 3. The summed E-state index contributed by atoms with van der Waals surface area (Å²) >= 11 is 0. The highest BCUT2D eigenvalue weighted by Gasteiger charge is 2.51. The van der Waals surface area contributed by atoms with E-state index in [1.165, 1.54) is 12.1 Å². The van der Waals surface area contributed by atoms with Crippen LogP contribution in [0, 0.1) is 0 Å². The summed E-state index contributed by atoms with van der Waals surface area (Å²) in [5, 5.41) is 22.6. The average molecular weight is 501 g/mol. The molecule has 0 aliphatic heterocycles. The van der Waals surface area contributed by atoms with E-state index in [4.69, 9.17) is 0 Å². The second-order valence-electron chi connectivity index (χ2n) is 10.4. The third kappa shape index (κ3) is 5.19. The van der Waals surface area contributed by atoms with Crippen LogP contribution in [-0.4, -0.2) is 39.0 Å². The summed E-state index contributed by atoms with van der Waals surface area (Å²) < 4.78 is 0. The maximum Gasteiger partial charge on any atom is 0.254 e. The molecule has 0 radical (unpaired) electrons.